The molecule has 0 saturated heterocycles. The second-order valence-electron chi connectivity index (χ2n) is 5.54. The van der Waals surface area contributed by atoms with Gasteiger partial charge in [0.2, 0.25) is 0 Å². The molecule has 2 aromatic rings. The van der Waals surface area contributed by atoms with E-state index in [0.29, 0.717) is 6.42 Å². The number of ketones is 1. The highest BCUT2D eigenvalue weighted by molar-refractivity contribution is 5.91. The molecule has 1 N–H and O–H groups in total. The van der Waals surface area contributed by atoms with E-state index in [-0.39, 0.29) is 5.78 Å². The van der Waals surface area contributed by atoms with Crippen LogP contribution in [0.5, 0.6) is 0 Å². The molecular weight excluding hydrogens is 246 g/mol. The average molecular weight is 265 g/mol. The molecule has 2 nitrogen and oxygen atoms in total. The number of fused-ring (bicyclic) bond motifs is 1. The van der Waals surface area contributed by atoms with Crippen LogP contribution in [0.4, 0.5) is 0 Å². The first-order valence-corrected chi connectivity index (χ1v) is 7.11. The minimum atomic E-state index is -0.565. The maximum atomic E-state index is 12.8. The van der Waals surface area contributed by atoms with Crippen LogP contribution in [-0.2, 0) is 23.2 Å². The number of hydrogen-bond acceptors (Lipinski definition) is 2. The molecule has 20 heavy (non-hydrogen) atoms. The van der Waals surface area contributed by atoms with E-state index < -0.39 is 5.54 Å². The maximum absolute atomic E-state index is 12.8. The van der Waals surface area contributed by atoms with Gasteiger partial charge in [-0.15, -0.1) is 0 Å². The van der Waals surface area contributed by atoms with Crippen LogP contribution in [0.2, 0.25) is 0 Å². The minimum Gasteiger partial charge on any atom is -0.301 e. The van der Waals surface area contributed by atoms with Crippen molar-refractivity contribution in [1.82, 2.24) is 5.32 Å². The first kappa shape index (κ1) is 13.1. The van der Waals surface area contributed by atoms with Crippen molar-refractivity contribution in [3.05, 3.63) is 71.3 Å². The average Bonchev–Trinajstić information content (AvgIpc) is 2.49. The van der Waals surface area contributed by atoms with E-state index in [1.54, 1.807) is 0 Å². The topological polar surface area (TPSA) is 29.1 Å². The summed E-state index contributed by atoms with van der Waals surface area (Å²) in [4.78, 5) is 12.8. The van der Waals surface area contributed by atoms with Gasteiger partial charge in [-0.25, -0.2) is 0 Å². The molecule has 1 atom stereocenters. The number of rotatable bonds is 3. The van der Waals surface area contributed by atoms with Crippen LogP contribution in [0.1, 0.15) is 23.6 Å². The number of Topliss-reactive ketones (excluding diaryl/α,β-unsaturated/α-hetero) is 1. The van der Waals surface area contributed by atoms with Gasteiger partial charge in [0.05, 0.1) is 0 Å². The third kappa shape index (κ3) is 2.27. The molecule has 0 aliphatic carbocycles. The quantitative estimate of drug-likeness (QED) is 0.924. The Hall–Kier alpha value is -1.93. The predicted octanol–water partition coefficient (Wildman–Crippen LogP) is 2.86. The molecule has 0 fully saturated rings. The summed E-state index contributed by atoms with van der Waals surface area (Å²) in [6.45, 7) is 2.87. The van der Waals surface area contributed by atoms with Gasteiger partial charge in [0.15, 0.2) is 5.78 Å². The van der Waals surface area contributed by atoms with Gasteiger partial charge in [-0.2, -0.15) is 0 Å². The van der Waals surface area contributed by atoms with Gasteiger partial charge >= 0.3 is 0 Å². The lowest BCUT2D eigenvalue weighted by Crippen LogP contribution is -2.51. The van der Waals surface area contributed by atoms with Crippen molar-refractivity contribution in [2.45, 2.75) is 25.3 Å². The van der Waals surface area contributed by atoms with Crippen LogP contribution in [-0.4, -0.2) is 12.3 Å². The molecule has 1 heterocycles. The minimum absolute atomic E-state index is 0.232. The summed E-state index contributed by atoms with van der Waals surface area (Å²) in [5.41, 5.74) is 2.93. The van der Waals surface area contributed by atoms with Gasteiger partial charge in [0, 0.05) is 13.0 Å². The van der Waals surface area contributed by atoms with Crippen molar-refractivity contribution in [3.63, 3.8) is 0 Å². The largest absolute Gasteiger partial charge is 0.301 e. The number of carbonyl (C=O) groups excluding carboxylic acids is 1. The normalized spacial score (nSPS) is 21.2. The van der Waals surface area contributed by atoms with Crippen molar-refractivity contribution < 1.29 is 4.79 Å². The smallest absolute Gasteiger partial charge is 0.161 e. The zero-order valence-electron chi connectivity index (χ0n) is 11.7. The molecule has 0 spiro atoms. The monoisotopic (exact) mass is 265 g/mol. The number of benzene rings is 2. The molecular formula is C18H19NO. The number of hydrogen-bond donors (Lipinski definition) is 1. The van der Waals surface area contributed by atoms with Crippen LogP contribution < -0.4 is 5.32 Å². The summed E-state index contributed by atoms with van der Waals surface area (Å²) in [6.07, 6.45) is 1.46. The van der Waals surface area contributed by atoms with Crippen LogP contribution in [0.3, 0.4) is 0 Å². The fraction of sp³-hybridized carbons (Fsp3) is 0.278. The van der Waals surface area contributed by atoms with Crippen molar-refractivity contribution in [2.75, 3.05) is 6.54 Å². The van der Waals surface area contributed by atoms with Crippen LogP contribution >= 0.6 is 0 Å². The van der Waals surface area contributed by atoms with E-state index in [9.17, 15) is 4.79 Å². The van der Waals surface area contributed by atoms with Gasteiger partial charge in [-0.1, -0.05) is 54.6 Å². The fourth-order valence-electron chi connectivity index (χ4n) is 2.98. The molecule has 102 valence electrons. The lowest BCUT2D eigenvalue weighted by Gasteiger charge is -2.36. The summed E-state index contributed by atoms with van der Waals surface area (Å²) < 4.78 is 0. The Morgan fingerprint density at radius 1 is 1.10 bits per heavy atom. The summed E-state index contributed by atoms with van der Waals surface area (Å²) in [5, 5.41) is 3.42. The molecule has 0 radical (unpaired) electrons. The number of nitrogens with one attached hydrogen (secondary N) is 1. The predicted molar refractivity (Wildman–Crippen MR) is 80.7 cm³/mol. The zero-order valence-corrected chi connectivity index (χ0v) is 11.7. The second-order valence-corrected chi connectivity index (χ2v) is 5.54. The molecule has 0 bridgehead atoms. The molecule has 0 amide bonds. The van der Waals surface area contributed by atoms with Crippen molar-refractivity contribution in [1.29, 1.82) is 0 Å². The molecule has 2 heteroatoms. The third-order valence-corrected chi connectivity index (χ3v) is 4.19. The van der Waals surface area contributed by atoms with Crippen molar-refractivity contribution in [2.24, 2.45) is 0 Å². The van der Waals surface area contributed by atoms with E-state index >= 15 is 0 Å². The number of carbonyl (C=O) groups is 1. The van der Waals surface area contributed by atoms with Crippen molar-refractivity contribution in [3.8, 4) is 0 Å². The van der Waals surface area contributed by atoms with Gasteiger partial charge in [0.25, 0.3) is 0 Å². The van der Waals surface area contributed by atoms with E-state index in [2.05, 4.69) is 17.4 Å². The van der Waals surface area contributed by atoms with E-state index in [0.717, 1.165) is 24.1 Å². The first-order valence-electron chi connectivity index (χ1n) is 7.11. The molecule has 1 aliphatic rings. The molecule has 1 aliphatic heterocycles. The Morgan fingerprint density at radius 2 is 1.80 bits per heavy atom. The second kappa shape index (κ2) is 5.22. The van der Waals surface area contributed by atoms with Crippen LogP contribution in [0.25, 0.3) is 0 Å². The lowest BCUT2D eigenvalue weighted by atomic mass is 9.79. The Bertz CT molecular complexity index is 620. The highest BCUT2D eigenvalue weighted by atomic mass is 16.1. The Labute approximate surface area is 119 Å². The summed E-state index contributed by atoms with van der Waals surface area (Å²) in [6, 6.07) is 18.2. The lowest BCUT2D eigenvalue weighted by molar-refractivity contribution is -0.124. The Morgan fingerprint density at radius 3 is 2.60 bits per heavy atom. The Kier molecular flexibility index (Phi) is 3.41. The summed E-state index contributed by atoms with van der Waals surface area (Å²) in [5.74, 6) is 0.232. The highest BCUT2D eigenvalue weighted by Gasteiger charge is 2.37. The molecule has 3 rings (SSSR count). The highest BCUT2D eigenvalue weighted by Crippen LogP contribution is 2.30. The molecule has 2 aromatic carbocycles. The van der Waals surface area contributed by atoms with E-state index in [4.69, 9.17) is 0 Å². The van der Waals surface area contributed by atoms with Gasteiger partial charge in [-0.05, 0) is 30.0 Å². The zero-order chi connectivity index (χ0) is 14.0. The molecule has 1 unspecified atom stereocenters. The van der Waals surface area contributed by atoms with E-state index in [1.165, 1.54) is 5.56 Å². The summed E-state index contributed by atoms with van der Waals surface area (Å²) >= 11 is 0. The van der Waals surface area contributed by atoms with Crippen LogP contribution in [0.15, 0.2) is 54.6 Å². The maximum Gasteiger partial charge on any atom is 0.161 e. The fourth-order valence-corrected chi connectivity index (χ4v) is 2.98. The molecule has 0 saturated carbocycles. The van der Waals surface area contributed by atoms with E-state index in [1.807, 2.05) is 49.4 Å². The van der Waals surface area contributed by atoms with Gasteiger partial charge in [-0.3, -0.25) is 4.79 Å². The van der Waals surface area contributed by atoms with Crippen molar-refractivity contribution >= 4 is 5.78 Å². The first-order chi connectivity index (χ1) is 9.70. The summed E-state index contributed by atoms with van der Waals surface area (Å²) in [7, 11) is 0. The molecule has 0 aromatic heterocycles. The van der Waals surface area contributed by atoms with Gasteiger partial charge < -0.3 is 5.32 Å². The standard InChI is InChI=1S/C18H19NO/c1-18(17(20)13-14-7-3-2-4-8-14)16-10-6-5-9-15(16)11-12-19-18/h2-10,19H,11-13H2,1H3. The SMILES string of the molecule is CC1(C(=O)Cc2ccccc2)NCCc2ccccc21. The van der Waals surface area contributed by atoms with Gasteiger partial charge in [0.1, 0.15) is 5.54 Å². The Balaban J connectivity index is 1.91. The third-order valence-electron chi connectivity index (χ3n) is 4.19. The van der Waals surface area contributed by atoms with Crippen LogP contribution in [0, 0.1) is 0 Å².